The Labute approximate surface area is 98.2 Å². The molecule has 1 heterocycles. The van der Waals surface area contributed by atoms with Gasteiger partial charge in [0.25, 0.3) is 0 Å². The summed E-state index contributed by atoms with van der Waals surface area (Å²) in [6, 6.07) is 0. The lowest BCUT2D eigenvalue weighted by Crippen LogP contribution is -2.29. The highest BCUT2D eigenvalue weighted by atomic mass is 16.7. The number of ether oxygens (including phenoxy) is 4. The summed E-state index contributed by atoms with van der Waals surface area (Å²) in [6.45, 7) is 5.69. The third kappa shape index (κ3) is 3.42. The summed E-state index contributed by atoms with van der Waals surface area (Å²) >= 11 is 0. The van der Waals surface area contributed by atoms with Crippen molar-refractivity contribution in [1.29, 1.82) is 0 Å². The van der Waals surface area contributed by atoms with Crippen molar-refractivity contribution in [3.05, 3.63) is 0 Å². The first-order valence-corrected chi connectivity index (χ1v) is 6.03. The van der Waals surface area contributed by atoms with E-state index in [1.54, 1.807) is 14.2 Å². The van der Waals surface area contributed by atoms with E-state index in [1.807, 2.05) is 0 Å². The summed E-state index contributed by atoms with van der Waals surface area (Å²) < 4.78 is 21.9. The van der Waals surface area contributed by atoms with Crippen molar-refractivity contribution < 1.29 is 18.9 Å². The van der Waals surface area contributed by atoms with E-state index >= 15 is 0 Å². The van der Waals surface area contributed by atoms with E-state index in [2.05, 4.69) is 13.8 Å². The highest BCUT2D eigenvalue weighted by Gasteiger charge is 2.42. The van der Waals surface area contributed by atoms with E-state index in [9.17, 15) is 0 Å². The molecule has 0 spiro atoms. The van der Waals surface area contributed by atoms with Crippen LogP contribution in [0.1, 0.15) is 26.7 Å². The molecule has 1 rings (SSSR count). The number of unbranched alkanes of at least 4 members (excludes halogenated alkanes) is 1. The van der Waals surface area contributed by atoms with Crippen LogP contribution in [0, 0.1) is 5.92 Å². The molecule has 0 aromatic carbocycles. The molecule has 1 saturated heterocycles. The minimum atomic E-state index is -0.264. The largest absolute Gasteiger partial charge is 0.379 e. The van der Waals surface area contributed by atoms with Crippen molar-refractivity contribution >= 4 is 0 Å². The van der Waals surface area contributed by atoms with Crippen molar-refractivity contribution in [1.82, 2.24) is 0 Å². The average molecular weight is 232 g/mol. The van der Waals surface area contributed by atoms with Crippen molar-refractivity contribution in [3.63, 3.8) is 0 Å². The van der Waals surface area contributed by atoms with Gasteiger partial charge in [0.2, 0.25) is 0 Å². The standard InChI is InChI=1S/C12H24O4/c1-5-6-7-15-8-10-9(2)11(13-3)12(14-4)16-10/h9-12H,5-8H2,1-4H3/t9-,10-,11-,12+/m1/s1. The first-order chi connectivity index (χ1) is 7.74. The topological polar surface area (TPSA) is 36.9 Å². The van der Waals surface area contributed by atoms with Gasteiger partial charge in [0.15, 0.2) is 6.29 Å². The Hall–Kier alpha value is -0.160. The van der Waals surface area contributed by atoms with Crippen LogP contribution in [0.25, 0.3) is 0 Å². The van der Waals surface area contributed by atoms with E-state index in [1.165, 1.54) is 0 Å². The van der Waals surface area contributed by atoms with Crippen molar-refractivity contribution in [2.75, 3.05) is 27.4 Å². The molecular weight excluding hydrogens is 208 g/mol. The molecule has 4 atom stereocenters. The Bertz CT molecular complexity index is 186. The predicted octanol–water partition coefficient (Wildman–Crippen LogP) is 1.83. The molecule has 0 aromatic heterocycles. The van der Waals surface area contributed by atoms with Crippen LogP contribution in [0.5, 0.6) is 0 Å². The van der Waals surface area contributed by atoms with Gasteiger partial charge in [-0.05, 0) is 6.42 Å². The summed E-state index contributed by atoms with van der Waals surface area (Å²) in [5.74, 6) is 0.302. The van der Waals surface area contributed by atoms with Gasteiger partial charge in [-0.1, -0.05) is 20.3 Å². The summed E-state index contributed by atoms with van der Waals surface area (Å²) in [5.41, 5.74) is 0. The first-order valence-electron chi connectivity index (χ1n) is 6.03. The van der Waals surface area contributed by atoms with Crippen LogP contribution in [0.3, 0.4) is 0 Å². The van der Waals surface area contributed by atoms with Gasteiger partial charge in [-0.25, -0.2) is 0 Å². The number of hydrogen-bond acceptors (Lipinski definition) is 4. The maximum atomic E-state index is 5.73. The second kappa shape index (κ2) is 7.22. The van der Waals surface area contributed by atoms with E-state index in [-0.39, 0.29) is 18.5 Å². The highest BCUT2D eigenvalue weighted by Crippen LogP contribution is 2.29. The fourth-order valence-electron chi connectivity index (χ4n) is 1.99. The first kappa shape index (κ1) is 13.9. The Morgan fingerprint density at radius 2 is 1.94 bits per heavy atom. The van der Waals surface area contributed by atoms with Gasteiger partial charge in [0.05, 0.1) is 12.7 Å². The van der Waals surface area contributed by atoms with E-state index in [0.29, 0.717) is 12.5 Å². The zero-order valence-corrected chi connectivity index (χ0v) is 10.8. The van der Waals surface area contributed by atoms with Gasteiger partial charge in [-0.15, -0.1) is 0 Å². The lowest BCUT2D eigenvalue weighted by molar-refractivity contribution is -0.161. The van der Waals surface area contributed by atoms with Gasteiger partial charge in [-0.2, -0.15) is 0 Å². The van der Waals surface area contributed by atoms with Crippen LogP contribution in [0.2, 0.25) is 0 Å². The Balaban J connectivity index is 2.32. The molecule has 0 unspecified atom stereocenters. The zero-order chi connectivity index (χ0) is 12.0. The molecule has 1 aliphatic heterocycles. The molecule has 0 radical (unpaired) electrons. The molecule has 4 nitrogen and oxygen atoms in total. The van der Waals surface area contributed by atoms with Crippen LogP contribution in [0.15, 0.2) is 0 Å². The molecule has 0 bridgehead atoms. The van der Waals surface area contributed by atoms with E-state index in [4.69, 9.17) is 18.9 Å². The highest BCUT2D eigenvalue weighted by molar-refractivity contribution is 4.84. The zero-order valence-electron chi connectivity index (χ0n) is 10.8. The summed E-state index contributed by atoms with van der Waals surface area (Å²) in [6.07, 6.45) is 2.07. The van der Waals surface area contributed by atoms with Crippen LogP contribution in [0.4, 0.5) is 0 Å². The summed E-state index contributed by atoms with van der Waals surface area (Å²) in [7, 11) is 3.33. The van der Waals surface area contributed by atoms with Gasteiger partial charge in [0, 0.05) is 26.7 Å². The quantitative estimate of drug-likeness (QED) is 0.627. The SMILES string of the molecule is CCCCOC[C@H]1O[C@H](OC)[C@H](OC)[C@@H]1C. The number of hydrogen-bond donors (Lipinski definition) is 0. The average Bonchev–Trinajstić information content (AvgIpc) is 2.61. The minimum absolute atomic E-state index is 0.00442. The van der Waals surface area contributed by atoms with Gasteiger partial charge >= 0.3 is 0 Å². The summed E-state index contributed by atoms with van der Waals surface area (Å²) in [5, 5.41) is 0. The molecule has 1 fully saturated rings. The van der Waals surface area contributed by atoms with Gasteiger partial charge in [-0.3, -0.25) is 0 Å². The molecule has 0 amide bonds. The fraction of sp³-hybridized carbons (Fsp3) is 1.00. The van der Waals surface area contributed by atoms with E-state index < -0.39 is 0 Å². The van der Waals surface area contributed by atoms with Crippen LogP contribution in [-0.4, -0.2) is 45.9 Å². The molecular formula is C12H24O4. The number of rotatable bonds is 7. The lowest BCUT2D eigenvalue weighted by Gasteiger charge is -2.17. The summed E-state index contributed by atoms with van der Waals surface area (Å²) in [4.78, 5) is 0. The monoisotopic (exact) mass is 232 g/mol. The molecule has 96 valence electrons. The predicted molar refractivity (Wildman–Crippen MR) is 61.4 cm³/mol. The number of methoxy groups -OCH3 is 2. The van der Waals surface area contributed by atoms with Crippen LogP contribution >= 0.6 is 0 Å². The molecule has 0 aromatic rings. The lowest BCUT2D eigenvalue weighted by atomic mass is 10.0. The smallest absolute Gasteiger partial charge is 0.184 e. The Kier molecular flexibility index (Phi) is 6.28. The third-order valence-electron chi connectivity index (χ3n) is 3.11. The van der Waals surface area contributed by atoms with E-state index in [0.717, 1.165) is 19.4 Å². The van der Waals surface area contributed by atoms with Crippen LogP contribution < -0.4 is 0 Å². The Morgan fingerprint density at radius 3 is 2.44 bits per heavy atom. The Morgan fingerprint density at radius 1 is 1.19 bits per heavy atom. The fourth-order valence-corrected chi connectivity index (χ4v) is 1.99. The second-order valence-corrected chi connectivity index (χ2v) is 4.27. The molecule has 0 aliphatic carbocycles. The molecule has 0 saturated carbocycles. The molecule has 0 N–H and O–H groups in total. The maximum Gasteiger partial charge on any atom is 0.184 e. The molecule has 1 aliphatic rings. The van der Waals surface area contributed by atoms with Crippen molar-refractivity contribution in [3.8, 4) is 0 Å². The molecule has 4 heteroatoms. The third-order valence-corrected chi connectivity index (χ3v) is 3.11. The maximum absolute atomic E-state index is 5.73. The normalized spacial score (nSPS) is 34.5. The van der Waals surface area contributed by atoms with Gasteiger partial charge < -0.3 is 18.9 Å². The van der Waals surface area contributed by atoms with Crippen molar-refractivity contribution in [2.24, 2.45) is 5.92 Å². The second-order valence-electron chi connectivity index (χ2n) is 4.27. The van der Waals surface area contributed by atoms with Gasteiger partial charge in [0.1, 0.15) is 6.10 Å². The molecule has 16 heavy (non-hydrogen) atoms. The minimum Gasteiger partial charge on any atom is -0.379 e. The van der Waals surface area contributed by atoms with Crippen molar-refractivity contribution in [2.45, 2.75) is 45.2 Å². The van der Waals surface area contributed by atoms with Crippen LogP contribution in [-0.2, 0) is 18.9 Å².